The normalized spacial score (nSPS) is 16.2. The average Bonchev–Trinajstić information content (AvgIpc) is 2.55. The molecule has 0 atom stereocenters. The Morgan fingerprint density at radius 2 is 1.43 bits per heavy atom. The van der Waals surface area contributed by atoms with Crippen LogP contribution in [0.4, 0.5) is 0 Å². The van der Waals surface area contributed by atoms with Crippen molar-refractivity contribution >= 4 is 25.3 Å². The Bertz CT molecular complexity index is 824. The van der Waals surface area contributed by atoms with Crippen LogP contribution in [-0.4, -0.2) is 33.5 Å². The summed E-state index contributed by atoms with van der Waals surface area (Å²) in [5.41, 5.74) is 4.67. The minimum absolute atomic E-state index is 0.121. The minimum atomic E-state index is -3.67. The van der Waals surface area contributed by atoms with Crippen LogP contribution < -0.4 is 0 Å². The van der Waals surface area contributed by atoms with E-state index in [-0.39, 0.29) is 4.90 Å². The molecule has 0 bridgehead atoms. The van der Waals surface area contributed by atoms with Crippen molar-refractivity contribution < 1.29 is 8.42 Å². The fourth-order valence-electron chi connectivity index (χ4n) is 2.72. The zero-order chi connectivity index (χ0) is 16.4. The zero-order valence-electron chi connectivity index (χ0n) is 12.9. The number of hydrogen-bond acceptors (Lipinski definition) is 3. The second-order valence-corrected chi connectivity index (χ2v) is 8.35. The predicted molar refractivity (Wildman–Crippen MR) is 95.0 cm³/mol. The Morgan fingerprint density at radius 3 is 1.91 bits per heavy atom. The van der Waals surface area contributed by atoms with Crippen molar-refractivity contribution in [1.82, 2.24) is 4.90 Å². The van der Waals surface area contributed by atoms with E-state index in [0.717, 1.165) is 30.6 Å². The quantitative estimate of drug-likeness (QED) is 0.787. The molecule has 3 rings (SSSR count). The van der Waals surface area contributed by atoms with Gasteiger partial charge in [0.15, 0.2) is 0 Å². The van der Waals surface area contributed by atoms with Gasteiger partial charge in [-0.05, 0) is 47.9 Å². The van der Waals surface area contributed by atoms with Crippen LogP contribution in [0.1, 0.15) is 12.0 Å². The molecule has 0 amide bonds. The van der Waals surface area contributed by atoms with Crippen LogP contribution in [-0.2, 0) is 9.05 Å². The smallest absolute Gasteiger partial charge is 0.261 e. The first-order chi connectivity index (χ1) is 10.9. The molecule has 23 heavy (non-hydrogen) atoms. The van der Waals surface area contributed by atoms with E-state index in [9.17, 15) is 8.42 Å². The van der Waals surface area contributed by atoms with Crippen molar-refractivity contribution in [1.29, 1.82) is 0 Å². The van der Waals surface area contributed by atoms with Crippen molar-refractivity contribution in [3.8, 4) is 11.1 Å². The molecule has 0 aliphatic carbocycles. The number of rotatable bonds is 3. The Morgan fingerprint density at radius 1 is 0.913 bits per heavy atom. The molecule has 2 aromatic rings. The Kier molecular flexibility index (Phi) is 4.57. The average molecular weight is 348 g/mol. The lowest BCUT2D eigenvalue weighted by molar-refractivity contribution is 0.370. The second-order valence-electron chi connectivity index (χ2n) is 5.78. The molecule has 0 unspecified atom stereocenters. The van der Waals surface area contributed by atoms with Crippen molar-refractivity contribution in [2.24, 2.45) is 0 Å². The molecule has 5 heteroatoms. The van der Waals surface area contributed by atoms with Gasteiger partial charge in [-0.2, -0.15) is 0 Å². The molecule has 0 saturated heterocycles. The summed E-state index contributed by atoms with van der Waals surface area (Å²) < 4.78 is 22.6. The van der Waals surface area contributed by atoms with E-state index < -0.39 is 9.05 Å². The topological polar surface area (TPSA) is 37.4 Å². The first-order valence-electron chi connectivity index (χ1n) is 7.46. The highest BCUT2D eigenvalue weighted by Gasteiger charge is 2.11. The number of hydrogen-bond donors (Lipinski definition) is 0. The summed E-state index contributed by atoms with van der Waals surface area (Å²) in [6.07, 6.45) is 3.34. The summed E-state index contributed by atoms with van der Waals surface area (Å²) in [6, 6.07) is 15.0. The van der Waals surface area contributed by atoms with Gasteiger partial charge < -0.3 is 4.90 Å². The largest absolute Gasteiger partial charge is 0.302 e. The van der Waals surface area contributed by atoms with Crippen LogP contribution in [0.15, 0.2) is 59.5 Å². The van der Waals surface area contributed by atoms with Crippen LogP contribution in [0.25, 0.3) is 16.7 Å². The maximum Gasteiger partial charge on any atom is 0.261 e. The van der Waals surface area contributed by atoms with Gasteiger partial charge in [0.1, 0.15) is 0 Å². The highest BCUT2D eigenvalue weighted by molar-refractivity contribution is 8.13. The van der Waals surface area contributed by atoms with E-state index in [0.29, 0.717) is 0 Å². The molecule has 1 aliphatic rings. The van der Waals surface area contributed by atoms with E-state index in [2.05, 4.69) is 42.3 Å². The number of benzene rings is 2. The molecule has 2 aromatic carbocycles. The lowest BCUT2D eigenvalue weighted by atomic mass is 9.97. The summed E-state index contributed by atoms with van der Waals surface area (Å²) in [5.74, 6) is 0. The van der Waals surface area contributed by atoms with Gasteiger partial charge in [-0.3, -0.25) is 0 Å². The van der Waals surface area contributed by atoms with Gasteiger partial charge >= 0.3 is 0 Å². The summed E-state index contributed by atoms with van der Waals surface area (Å²) >= 11 is 0. The van der Waals surface area contributed by atoms with Crippen molar-refractivity contribution in [3.63, 3.8) is 0 Å². The molecule has 3 nitrogen and oxygen atoms in total. The van der Waals surface area contributed by atoms with Gasteiger partial charge in [0.05, 0.1) is 4.90 Å². The maximum atomic E-state index is 11.3. The first kappa shape index (κ1) is 16.2. The SMILES string of the molecule is CN1CC=C(c2ccc(-c3ccc(S(=O)(=O)Cl)cc3)cc2)CC1. The number of likely N-dealkylation sites (N-methyl/N-ethyl adjacent to an activating group) is 1. The molecular formula is C18H18ClNO2S. The predicted octanol–water partition coefficient (Wildman–Crippen LogP) is 4.00. The van der Waals surface area contributed by atoms with E-state index in [1.54, 1.807) is 12.1 Å². The standard InChI is InChI=1S/C18H18ClNO2S/c1-20-12-10-17(11-13-20)15-4-2-14(3-5-15)16-6-8-18(9-7-16)23(19,21)22/h2-10H,11-13H2,1H3. The molecule has 0 fully saturated rings. The van der Waals surface area contributed by atoms with Gasteiger partial charge in [-0.15, -0.1) is 0 Å². The summed E-state index contributed by atoms with van der Waals surface area (Å²) in [5, 5.41) is 0. The van der Waals surface area contributed by atoms with Crippen LogP contribution in [0, 0.1) is 0 Å². The molecule has 1 aliphatic heterocycles. The fourth-order valence-corrected chi connectivity index (χ4v) is 3.49. The Labute approximate surface area is 141 Å². The highest BCUT2D eigenvalue weighted by Crippen LogP contribution is 2.27. The molecule has 120 valence electrons. The van der Waals surface area contributed by atoms with Gasteiger partial charge in [0, 0.05) is 23.8 Å². The zero-order valence-corrected chi connectivity index (χ0v) is 14.4. The van der Waals surface area contributed by atoms with Crippen molar-refractivity contribution in [3.05, 3.63) is 60.2 Å². The van der Waals surface area contributed by atoms with Crippen LogP contribution >= 0.6 is 10.7 Å². The lowest BCUT2D eigenvalue weighted by Gasteiger charge is -2.22. The third-order valence-corrected chi connectivity index (χ3v) is 5.51. The minimum Gasteiger partial charge on any atom is -0.302 e. The number of halogens is 1. The molecule has 0 N–H and O–H groups in total. The first-order valence-corrected chi connectivity index (χ1v) is 9.77. The molecule has 0 radical (unpaired) electrons. The molecule has 0 aromatic heterocycles. The van der Waals surface area contributed by atoms with E-state index in [4.69, 9.17) is 10.7 Å². The summed E-state index contributed by atoms with van der Waals surface area (Å²) in [6.45, 7) is 2.08. The van der Waals surface area contributed by atoms with Crippen LogP contribution in [0.5, 0.6) is 0 Å². The van der Waals surface area contributed by atoms with Crippen molar-refractivity contribution in [2.45, 2.75) is 11.3 Å². The third kappa shape index (κ3) is 3.83. The van der Waals surface area contributed by atoms with Crippen LogP contribution in [0.3, 0.4) is 0 Å². The third-order valence-electron chi connectivity index (χ3n) is 4.14. The van der Waals surface area contributed by atoms with Gasteiger partial charge in [-0.1, -0.05) is 42.5 Å². The Balaban J connectivity index is 1.82. The fraction of sp³-hybridized carbons (Fsp3) is 0.222. The Hall–Kier alpha value is -1.62. The number of nitrogens with zero attached hydrogens (tertiary/aromatic N) is 1. The maximum absolute atomic E-state index is 11.3. The van der Waals surface area contributed by atoms with Crippen molar-refractivity contribution in [2.75, 3.05) is 20.1 Å². The molecule has 0 spiro atoms. The summed E-state index contributed by atoms with van der Waals surface area (Å²) in [4.78, 5) is 2.42. The van der Waals surface area contributed by atoms with E-state index >= 15 is 0 Å². The molecule has 1 heterocycles. The second kappa shape index (κ2) is 6.48. The van der Waals surface area contributed by atoms with Gasteiger partial charge in [0.25, 0.3) is 9.05 Å². The van der Waals surface area contributed by atoms with Gasteiger partial charge in [-0.25, -0.2) is 8.42 Å². The van der Waals surface area contributed by atoms with Gasteiger partial charge in [0.2, 0.25) is 0 Å². The molecular weight excluding hydrogens is 330 g/mol. The van der Waals surface area contributed by atoms with E-state index in [1.165, 1.54) is 23.3 Å². The lowest BCUT2D eigenvalue weighted by Crippen LogP contribution is -2.23. The monoisotopic (exact) mass is 347 g/mol. The van der Waals surface area contributed by atoms with Crippen LogP contribution in [0.2, 0.25) is 0 Å². The summed E-state index contributed by atoms with van der Waals surface area (Å²) in [7, 11) is 3.80. The highest BCUT2D eigenvalue weighted by atomic mass is 35.7. The van der Waals surface area contributed by atoms with E-state index in [1.807, 2.05) is 0 Å². The molecule has 0 saturated carbocycles.